The number of aromatic nitrogens is 7. The Labute approximate surface area is 158 Å². The monoisotopic (exact) mass is 361 g/mol. The predicted molar refractivity (Wildman–Crippen MR) is 101 cm³/mol. The molecule has 7 heteroatoms. The van der Waals surface area contributed by atoms with Gasteiger partial charge in [0.25, 0.3) is 0 Å². The van der Waals surface area contributed by atoms with Gasteiger partial charge in [-0.25, -0.2) is 15.1 Å². The third-order valence-electron chi connectivity index (χ3n) is 5.91. The zero-order valence-electron chi connectivity index (χ0n) is 15.4. The van der Waals surface area contributed by atoms with Crippen LogP contribution >= 0.6 is 0 Å². The number of hydrogen-bond acceptors (Lipinski definition) is 6. The van der Waals surface area contributed by atoms with Crippen molar-refractivity contribution in [2.24, 2.45) is 0 Å². The summed E-state index contributed by atoms with van der Waals surface area (Å²) in [5, 5.41) is 15.0. The zero-order chi connectivity index (χ0) is 18.1. The molecule has 0 aliphatic heterocycles. The average Bonchev–Trinajstić information content (AvgIpc) is 3.38. The van der Waals surface area contributed by atoms with Crippen molar-refractivity contribution in [1.82, 2.24) is 35.6 Å². The molecule has 0 saturated heterocycles. The van der Waals surface area contributed by atoms with E-state index < -0.39 is 0 Å². The normalized spacial score (nSPS) is 17.6. The minimum absolute atomic E-state index is 0.472. The van der Waals surface area contributed by atoms with Gasteiger partial charge in [0.2, 0.25) is 0 Å². The fraction of sp³-hybridized carbons (Fsp3) is 0.500. The van der Waals surface area contributed by atoms with Gasteiger partial charge in [-0.1, -0.05) is 19.3 Å². The third-order valence-corrected chi connectivity index (χ3v) is 5.91. The van der Waals surface area contributed by atoms with Crippen molar-refractivity contribution in [1.29, 1.82) is 0 Å². The fourth-order valence-corrected chi connectivity index (χ4v) is 4.66. The van der Waals surface area contributed by atoms with Crippen LogP contribution in [0.2, 0.25) is 0 Å². The maximum absolute atomic E-state index is 5.24. The number of pyridine rings is 1. The molecule has 0 amide bonds. The molecule has 5 rings (SSSR count). The lowest BCUT2D eigenvalue weighted by molar-refractivity contribution is 0.684. The lowest BCUT2D eigenvalue weighted by Gasteiger charge is -2.21. The van der Waals surface area contributed by atoms with Crippen LogP contribution in [0.15, 0.2) is 18.6 Å². The van der Waals surface area contributed by atoms with Crippen LogP contribution in [0.1, 0.15) is 67.8 Å². The Kier molecular flexibility index (Phi) is 4.35. The van der Waals surface area contributed by atoms with Crippen LogP contribution in [0.5, 0.6) is 0 Å². The second-order valence-corrected chi connectivity index (χ2v) is 7.56. The van der Waals surface area contributed by atoms with Crippen molar-refractivity contribution < 1.29 is 0 Å². The largest absolute Gasteiger partial charge is 0.256 e. The minimum Gasteiger partial charge on any atom is -0.256 e. The molecule has 2 aliphatic carbocycles. The van der Waals surface area contributed by atoms with Crippen LogP contribution in [0.25, 0.3) is 22.6 Å². The lowest BCUT2D eigenvalue weighted by atomic mass is 9.88. The van der Waals surface area contributed by atoms with Gasteiger partial charge in [0.15, 0.2) is 5.82 Å². The number of aryl methyl sites for hydroxylation is 1. The number of tetrazole rings is 1. The Morgan fingerprint density at radius 1 is 0.963 bits per heavy atom. The molecule has 1 fully saturated rings. The molecule has 0 spiro atoms. The van der Waals surface area contributed by atoms with Gasteiger partial charge >= 0.3 is 0 Å². The van der Waals surface area contributed by atoms with E-state index in [9.17, 15) is 0 Å². The van der Waals surface area contributed by atoms with Gasteiger partial charge in [-0.15, -0.1) is 5.10 Å². The van der Waals surface area contributed by atoms with Gasteiger partial charge in [-0.05, 0) is 60.6 Å². The smallest absolute Gasteiger partial charge is 0.181 e. The quantitative estimate of drug-likeness (QED) is 0.716. The fourth-order valence-electron chi connectivity index (χ4n) is 4.66. The number of fused-ring (bicyclic) bond motifs is 1. The molecular weight excluding hydrogens is 338 g/mol. The van der Waals surface area contributed by atoms with Crippen molar-refractivity contribution in [3.8, 4) is 22.6 Å². The van der Waals surface area contributed by atoms with Crippen LogP contribution in [0, 0.1) is 0 Å². The van der Waals surface area contributed by atoms with Gasteiger partial charge < -0.3 is 0 Å². The molecule has 1 saturated carbocycles. The Balaban J connectivity index is 1.83. The van der Waals surface area contributed by atoms with E-state index >= 15 is 0 Å². The number of nitrogens with zero attached hydrogens (tertiary/aromatic N) is 6. The SMILES string of the molecule is c1cc(-c2c3c(nc(C4CCCC4)c2-c2nnn[nH]2)CCCCC3)ncn1. The second kappa shape index (κ2) is 7.13. The van der Waals surface area contributed by atoms with Crippen molar-refractivity contribution in [3.05, 3.63) is 35.5 Å². The molecule has 2 aliphatic rings. The van der Waals surface area contributed by atoms with E-state index in [1.807, 2.05) is 12.3 Å². The van der Waals surface area contributed by atoms with E-state index in [2.05, 4.69) is 30.6 Å². The molecule has 0 aromatic carbocycles. The summed E-state index contributed by atoms with van der Waals surface area (Å²) in [5.74, 6) is 1.17. The van der Waals surface area contributed by atoms with Crippen LogP contribution < -0.4 is 0 Å². The van der Waals surface area contributed by atoms with Gasteiger partial charge in [0.1, 0.15) is 6.33 Å². The third kappa shape index (κ3) is 3.01. The van der Waals surface area contributed by atoms with Crippen molar-refractivity contribution in [2.75, 3.05) is 0 Å². The summed E-state index contributed by atoms with van der Waals surface area (Å²) in [5.41, 5.74) is 6.87. The highest BCUT2D eigenvalue weighted by Gasteiger charge is 2.30. The van der Waals surface area contributed by atoms with Crippen LogP contribution in [-0.2, 0) is 12.8 Å². The molecule has 3 aromatic heterocycles. The van der Waals surface area contributed by atoms with E-state index in [0.717, 1.165) is 35.4 Å². The summed E-state index contributed by atoms with van der Waals surface area (Å²) in [6.45, 7) is 0. The van der Waals surface area contributed by atoms with Crippen molar-refractivity contribution in [3.63, 3.8) is 0 Å². The maximum atomic E-state index is 5.24. The first kappa shape index (κ1) is 16.5. The summed E-state index contributed by atoms with van der Waals surface area (Å²) in [4.78, 5) is 14.0. The first-order valence-electron chi connectivity index (χ1n) is 9.98. The molecule has 3 aromatic rings. The van der Waals surface area contributed by atoms with Crippen LogP contribution in [0.3, 0.4) is 0 Å². The van der Waals surface area contributed by atoms with Crippen LogP contribution in [-0.4, -0.2) is 35.6 Å². The van der Waals surface area contributed by atoms with Gasteiger partial charge in [-0.2, -0.15) is 0 Å². The highest BCUT2D eigenvalue weighted by atomic mass is 15.5. The van der Waals surface area contributed by atoms with Crippen LogP contribution in [0.4, 0.5) is 0 Å². The number of aromatic amines is 1. The zero-order valence-corrected chi connectivity index (χ0v) is 15.4. The molecule has 27 heavy (non-hydrogen) atoms. The molecule has 0 unspecified atom stereocenters. The lowest BCUT2D eigenvalue weighted by Crippen LogP contribution is -2.10. The highest BCUT2D eigenvalue weighted by molar-refractivity contribution is 5.83. The summed E-state index contributed by atoms with van der Waals surface area (Å²) in [7, 11) is 0. The molecule has 1 N–H and O–H groups in total. The average molecular weight is 361 g/mol. The molecule has 0 radical (unpaired) electrons. The van der Waals surface area contributed by atoms with Gasteiger partial charge in [-0.3, -0.25) is 4.98 Å². The number of H-pyrrole nitrogens is 1. The predicted octanol–water partition coefficient (Wildman–Crippen LogP) is 3.65. The number of hydrogen-bond donors (Lipinski definition) is 1. The Morgan fingerprint density at radius 2 is 1.85 bits per heavy atom. The second-order valence-electron chi connectivity index (χ2n) is 7.56. The maximum Gasteiger partial charge on any atom is 0.181 e. The molecule has 0 bridgehead atoms. The molecule has 0 atom stereocenters. The Morgan fingerprint density at radius 3 is 2.63 bits per heavy atom. The van der Waals surface area contributed by atoms with E-state index in [-0.39, 0.29) is 0 Å². The summed E-state index contributed by atoms with van der Waals surface area (Å²) in [6.07, 6.45) is 14.0. The topological polar surface area (TPSA) is 93.1 Å². The Hall–Kier alpha value is -2.70. The summed E-state index contributed by atoms with van der Waals surface area (Å²) >= 11 is 0. The first-order valence-corrected chi connectivity index (χ1v) is 9.98. The number of nitrogens with one attached hydrogen (secondary N) is 1. The first-order chi connectivity index (χ1) is 13.4. The van der Waals surface area contributed by atoms with Crippen molar-refractivity contribution >= 4 is 0 Å². The van der Waals surface area contributed by atoms with Gasteiger partial charge in [0, 0.05) is 23.4 Å². The van der Waals surface area contributed by atoms with E-state index in [1.165, 1.54) is 56.2 Å². The van der Waals surface area contributed by atoms with Gasteiger partial charge in [0.05, 0.1) is 17.0 Å². The number of rotatable bonds is 3. The molecule has 7 nitrogen and oxygen atoms in total. The van der Waals surface area contributed by atoms with E-state index in [0.29, 0.717) is 11.7 Å². The van der Waals surface area contributed by atoms with Crippen molar-refractivity contribution in [2.45, 2.75) is 63.7 Å². The molecule has 138 valence electrons. The molecule has 3 heterocycles. The Bertz CT molecular complexity index is 915. The van der Waals surface area contributed by atoms with E-state index in [1.54, 1.807) is 6.33 Å². The molecular formula is C20H23N7. The summed E-state index contributed by atoms with van der Waals surface area (Å²) in [6, 6.07) is 1.99. The minimum atomic E-state index is 0.472. The highest BCUT2D eigenvalue weighted by Crippen LogP contribution is 2.44. The standard InChI is InChI=1S/C20H23N7/c1-2-8-14-15(9-3-1)23-19(13-6-4-5-7-13)18(20-24-26-27-25-20)17(14)16-10-11-21-12-22-16/h10-13H,1-9H2,(H,24,25,26,27). The van der Waals surface area contributed by atoms with E-state index in [4.69, 9.17) is 4.98 Å². The summed E-state index contributed by atoms with van der Waals surface area (Å²) < 4.78 is 0.